The standard InChI is InChI=1S/C29H38ClN3O4/c1-29(2,3)23-24(32-17-19-16-20(30)13-14-22(19)37-4)25(21-12-8-9-15-31-21)33(26(23)28(35)36)27(34)18-10-6-5-7-11-18/h8-9,12-16,18,23-26,32H,5-7,10-11,17H2,1-4H3,(H,35,36)/t23-,24-,25-,26-/m1/s1. The van der Waals surface area contributed by atoms with Crippen LogP contribution in [0, 0.1) is 17.3 Å². The number of carbonyl (C=O) groups excluding carboxylic acids is 1. The van der Waals surface area contributed by atoms with Gasteiger partial charge in [-0.1, -0.05) is 57.7 Å². The predicted molar refractivity (Wildman–Crippen MR) is 143 cm³/mol. The number of hydrogen-bond acceptors (Lipinski definition) is 5. The van der Waals surface area contributed by atoms with Crippen LogP contribution in [0.15, 0.2) is 42.6 Å². The van der Waals surface area contributed by atoms with Crippen LogP contribution < -0.4 is 10.1 Å². The molecule has 37 heavy (non-hydrogen) atoms. The van der Waals surface area contributed by atoms with Gasteiger partial charge in [0.2, 0.25) is 5.91 Å². The molecule has 1 amide bonds. The molecule has 1 saturated carbocycles. The predicted octanol–water partition coefficient (Wildman–Crippen LogP) is 5.48. The number of likely N-dealkylation sites (tertiary alicyclic amines) is 1. The number of nitrogens with one attached hydrogen (secondary N) is 1. The number of aliphatic carboxylic acids is 1. The number of ether oxygens (including phenoxy) is 1. The van der Waals surface area contributed by atoms with E-state index in [9.17, 15) is 14.7 Å². The first kappa shape index (κ1) is 27.4. The molecule has 1 aliphatic heterocycles. The molecule has 1 saturated heterocycles. The highest BCUT2D eigenvalue weighted by Gasteiger charge is 2.58. The summed E-state index contributed by atoms with van der Waals surface area (Å²) >= 11 is 6.29. The number of carboxylic acids is 1. The van der Waals surface area contributed by atoms with Gasteiger partial charge in [-0.3, -0.25) is 9.78 Å². The maximum Gasteiger partial charge on any atom is 0.326 e. The normalized spacial score (nSPS) is 24.7. The van der Waals surface area contributed by atoms with Crippen LogP contribution in [0.25, 0.3) is 0 Å². The molecular formula is C29H38ClN3O4. The molecule has 1 aromatic heterocycles. The van der Waals surface area contributed by atoms with Crippen LogP contribution in [-0.2, 0) is 16.1 Å². The maximum atomic E-state index is 14.1. The fourth-order valence-corrected chi connectivity index (χ4v) is 6.46. The smallest absolute Gasteiger partial charge is 0.326 e. The highest BCUT2D eigenvalue weighted by atomic mass is 35.5. The van der Waals surface area contributed by atoms with Crippen molar-refractivity contribution in [3.63, 3.8) is 0 Å². The monoisotopic (exact) mass is 527 g/mol. The topological polar surface area (TPSA) is 91.8 Å². The molecule has 2 N–H and O–H groups in total. The first-order valence-corrected chi connectivity index (χ1v) is 13.5. The molecule has 4 atom stereocenters. The lowest BCUT2D eigenvalue weighted by Gasteiger charge is -2.36. The number of halogens is 1. The van der Waals surface area contributed by atoms with E-state index in [-0.39, 0.29) is 23.8 Å². The quantitative estimate of drug-likeness (QED) is 0.495. The summed E-state index contributed by atoms with van der Waals surface area (Å²) in [6, 6.07) is 9.22. The highest BCUT2D eigenvalue weighted by molar-refractivity contribution is 6.30. The molecule has 8 heteroatoms. The minimum absolute atomic E-state index is 0.0679. The maximum absolute atomic E-state index is 14.1. The van der Waals surface area contributed by atoms with Crippen LogP contribution in [0.1, 0.15) is 70.2 Å². The van der Waals surface area contributed by atoms with E-state index in [0.29, 0.717) is 23.0 Å². The number of benzene rings is 1. The van der Waals surface area contributed by atoms with E-state index >= 15 is 0 Å². The SMILES string of the molecule is COc1ccc(Cl)cc1CN[C@@H]1[C@@H](C(C)(C)C)[C@H](C(=O)O)N(C(=O)C2CCCCC2)[C@@H]1c1ccccn1. The zero-order valence-corrected chi connectivity index (χ0v) is 22.9. The summed E-state index contributed by atoms with van der Waals surface area (Å²) < 4.78 is 5.55. The number of rotatable bonds is 7. The number of hydrogen-bond donors (Lipinski definition) is 2. The van der Waals surface area contributed by atoms with Crippen molar-refractivity contribution in [2.75, 3.05) is 7.11 Å². The number of amides is 1. The summed E-state index contributed by atoms with van der Waals surface area (Å²) in [7, 11) is 1.61. The molecule has 1 aromatic carbocycles. The van der Waals surface area contributed by atoms with Gasteiger partial charge in [-0.05, 0) is 48.6 Å². The summed E-state index contributed by atoms with van der Waals surface area (Å²) in [6.45, 7) is 6.55. The van der Waals surface area contributed by atoms with E-state index in [1.807, 2.05) is 51.1 Å². The molecule has 2 heterocycles. The number of nitrogens with zero attached hydrogens (tertiary/aromatic N) is 2. The minimum Gasteiger partial charge on any atom is -0.496 e. The van der Waals surface area contributed by atoms with E-state index in [2.05, 4.69) is 10.3 Å². The molecule has 4 rings (SSSR count). The molecule has 7 nitrogen and oxygen atoms in total. The van der Waals surface area contributed by atoms with Crippen LogP contribution in [0.4, 0.5) is 0 Å². The summed E-state index contributed by atoms with van der Waals surface area (Å²) in [5.41, 5.74) is 1.15. The Morgan fingerprint density at radius 1 is 1.16 bits per heavy atom. The Morgan fingerprint density at radius 2 is 1.89 bits per heavy atom. The Labute approximate surface area is 224 Å². The Morgan fingerprint density at radius 3 is 2.49 bits per heavy atom. The number of aromatic nitrogens is 1. The van der Waals surface area contributed by atoms with E-state index in [1.165, 1.54) is 0 Å². The molecule has 0 spiro atoms. The first-order chi connectivity index (χ1) is 17.6. The first-order valence-electron chi connectivity index (χ1n) is 13.1. The molecule has 2 aliphatic rings. The molecular weight excluding hydrogens is 490 g/mol. The van der Waals surface area contributed by atoms with Gasteiger partial charge in [0.15, 0.2) is 0 Å². The minimum atomic E-state index is -0.977. The van der Waals surface area contributed by atoms with Gasteiger partial charge in [-0.15, -0.1) is 0 Å². The fraction of sp³-hybridized carbons (Fsp3) is 0.552. The molecule has 2 fully saturated rings. The fourth-order valence-electron chi connectivity index (χ4n) is 6.26. The Bertz CT molecular complexity index is 1100. The van der Waals surface area contributed by atoms with Gasteiger partial charge in [0.25, 0.3) is 0 Å². The molecule has 200 valence electrons. The van der Waals surface area contributed by atoms with E-state index in [0.717, 1.165) is 37.7 Å². The van der Waals surface area contributed by atoms with Crippen LogP contribution in [0.5, 0.6) is 5.75 Å². The molecule has 0 bridgehead atoms. The third-order valence-corrected chi connectivity index (χ3v) is 8.13. The van der Waals surface area contributed by atoms with Crippen LogP contribution in [0.3, 0.4) is 0 Å². The number of carboxylic acid groups (broad SMARTS) is 1. The van der Waals surface area contributed by atoms with Gasteiger partial charge < -0.3 is 20.1 Å². The van der Waals surface area contributed by atoms with Crippen molar-refractivity contribution in [2.45, 2.75) is 77.5 Å². The molecule has 1 aliphatic carbocycles. The van der Waals surface area contributed by atoms with Gasteiger partial charge in [-0.25, -0.2) is 4.79 Å². The highest BCUT2D eigenvalue weighted by Crippen LogP contribution is 2.49. The summed E-state index contributed by atoms with van der Waals surface area (Å²) in [4.78, 5) is 33.3. The van der Waals surface area contributed by atoms with E-state index in [1.54, 1.807) is 24.3 Å². The third-order valence-electron chi connectivity index (χ3n) is 7.89. The van der Waals surface area contributed by atoms with Crippen LogP contribution in [-0.4, -0.2) is 46.1 Å². The van der Waals surface area contributed by atoms with Gasteiger partial charge in [0.1, 0.15) is 11.8 Å². The largest absolute Gasteiger partial charge is 0.496 e. The molecule has 0 unspecified atom stereocenters. The summed E-state index contributed by atoms with van der Waals surface area (Å²) in [5.74, 6) is -0.873. The van der Waals surface area contributed by atoms with Crippen LogP contribution >= 0.6 is 11.6 Å². The van der Waals surface area contributed by atoms with E-state index in [4.69, 9.17) is 16.3 Å². The second kappa shape index (κ2) is 11.4. The lowest BCUT2D eigenvalue weighted by Crippen LogP contribution is -2.49. The van der Waals surface area contributed by atoms with Crippen molar-refractivity contribution in [1.82, 2.24) is 15.2 Å². The third kappa shape index (κ3) is 5.78. The van der Waals surface area contributed by atoms with Gasteiger partial charge in [0, 0.05) is 41.2 Å². The van der Waals surface area contributed by atoms with Gasteiger partial charge in [-0.2, -0.15) is 0 Å². The summed E-state index contributed by atoms with van der Waals surface area (Å²) in [6.07, 6.45) is 6.41. The summed E-state index contributed by atoms with van der Waals surface area (Å²) in [5, 5.41) is 14.8. The molecule has 0 radical (unpaired) electrons. The van der Waals surface area contributed by atoms with Gasteiger partial charge >= 0.3 is 5.97 Å². The number of pyridine rings is 1. The lowest BCUT2D eigenvalue weighted by atomic mass is 9.72. The number of carbonyl (C=O) groups is 2. The van der Waals surface area contributed by atoms with Crippen molar-refractivity contribution < 1.29 is 19.4 Å². The second-order valence-electron chi connectivity index (χ2n) is 11.3. The van der Waals surface area contributed by atoms with E-state index < -0.39 is 23.5 Å². The zero-order chi connectivity index (χ0) is 26.7. The Kier molecular flexibility index (Phi) is 8.44. The van der Waals surface area contributed by atoms with Gasteiger partial charge in [0.05, 0.1) is 18.8 Å². The Balaban J connectivity index is 1.80. The van der Waals surface area contributed by atoms with Crippen LogP contribution in [0.2, 0.25) is 5.02 Å². The van der Waals surface area contributed by atoms with Crippen molar-refractivity contribution in [3.05, 3.63) is 58.9 Å². The van der Waals surface area contributed by atoms with Crippen molar-refractivity contribution in [3.8, 4) is 5.75 Å². The van der Waals surface area contributed by atoms with Crippen molar-refractivity contribution in [2.24, 2.45) is 17.3 Å². The average Bonchev–Trinajstić information content (AvgIpc) is 3.24. The number of methoxy groups -OCH3 is 1. The molecule has 2 aromatic rings. The second-order valence-corrected chi connectivity index (χ2v) is 11.8. The van der Waals surface area contributed by atoms with Crippen molar-refractivity contribution >= 4 is 23.5 Å². The lowest BCUT2D eigenvalue weighted by molar-refractivity contribution is -0.154. The zero-order valence-electron chi connectivity index (χ0n) is 22.1. The average molecular weight is 528 g/mol. The van der Waals surface area contributed by atoms with Crippen molar-refractivity contribution in [1.29, 1.82) is 0 Å². The Hall–Kier alpha value is -2.64.